The lowest BCUT2D eigenvalue weighted by molar-refractivity contribution is 0.0380. The maximum atomic E-state index is 13.3. The van der Waals surface area contributed by atoms with Crippen molar-refractivity contribution in [1.29, 1.82) is 0 Å². The van der Waals surface area contributed by atoms with Crippen molar-refractivity contribution in [1.82, 2.24) is 9.97 Å². The first-order valence-corrected chi connectivity index (χ1v) is 4.91. The fraction of sp³-hybridized carbons (Fsp3) is 0.273. The number of fused-ring (bicyclic) bond motifs is 1. The van der Waals surface area contributed by atoms with Gasteiger partial charge in [-0.3, -0.25) is 4.98 Å². The summed E-state index contributed by atoms with van der Waals surface area (Å²) in [6.45, 7) is 3.51. The molecule has 0 fully saturated rings. The Labute approximate surface area is 91.4 Å². The van der Waals surface area contributed by atoms with Gasteiger partial charge in [-0.25, -0.2) is 9.18 Å². The minimum Gasteiger partial charge on any atom is -0.459 e. The van der Waals surface area contributed by atoms with Gasteiger partial charge in [-0.15, -0.1) is 0 Å². The Bertz CT molecular complexity index is 534. The highest BCUT2D eigenvalue weighted by atomic mass is 19.1. The van der Waals surface area contributed by atoms with E-state index in [1.807, 2.05) is 0 Å². The summed E-state index contributed by atoms with van der Waals surface area (Å²) in [7, 11) is 0. The fourth-order valence-electron chi connectivity index (χ4n) is 1.45. The highest BCUT2D eigenvalue weighted by Crippen LogP contribution is 2.20. The molecule has 0 bridgehead atoms. The van der Waals surface area contributed by atoms with Gasteiger partial charge in [0.25, 0.3) is 0 Å². The Kier molecular flexibility index (Phi) is 2.60. The van der Waals surface area contributed by atoms with Crippen LogP contribution in [0.5, 0.6) is 0 Å². The molecule has 0 amide bonds. The summed E-state index contributed by atoms with van der Waals surface area (Å²) < 4.78 is 18.3. The number of aromatic nitrogens is 2. The molecule has 0 radical (unpaired) electrons. The van der Waals surface area contributed by atoms with E-state index in [2.05, 4.69) is 9.97 Å². The fourth-order valence-corrected chi connectivity index (χ4v) is 1.45. The molecule has 0 saturated heterocycles. The number of ether oxygens (including phenoxy) is 1. The first kappa shape index (κ1) is 10.6. The quantitative estimate of drug-likeness (QED) is 0.793. The number of halogens is 1. The highest BCUT2D eigenvalue weighted by molar-refractivity contribution is 6.03. The third kappa shape index (κ3) is 1.76. The van der Waals surface area contributed by atoms with Crippen LogP contribution in [-0.2, 0) is 4.74 Å². The van der Waals surface area contributed by atoms with Crippen LogP contribution < -0.4 is 0 Å². The minimum absolute atomic E-state index is 0.209. The van der Waals surface area contributed by atoms with E-state index in [1.54, 1.807) is 13.8 Å². The molecule has 84 valence electrons. The SMILES string of the molecule is CC(C)OC(=O)c1c[nH]c2c(F)cncc12. The normalized spacial score (nSPS) is 11.0. The van der Waals surface area contributed by atoms with Crippen LogP contribution in [0.2, 0.25) is 0 Å². The van der Waals surface area contributed by atoms with Crippen molar-refractivity contribution < 1.29 is 13.9 Å². The minimum atomic E-state index is -0.485. The average molecular weight is 222 g/mol. The van der Waals surface area contributed by atoms with Gasteiger partial charge >= 0.3 is 5.97 Å². The monoisotopic (exact) mass is 222 g/mol. The molecule has 2 heterocycles. The van der Waals surface area contributed by atoms with E-state index in [-0.39, 0.29) is 11.6 Å². The molecule has 2 aromatic heterocycles. The Morgan fingerprint density at radius 3 is 2.94 bits per heavy atom. The average Bonchev–Trinajstić information content (AvgIpc) is 2.61. The molecule has 16 heavy (non-hydrogen) atoms. The first-order valence-electron chi connectivity index (χ1n) is 4.91. The molecular formula is C11H11FN2O2. The van der Waals surface area contributed by atoms with E-state index in [4.69, 9.17) is 4.74 Å². The molecule has 2 rings (SSSR count). The van der Waals surface area contributed by atoms with Crippen LogP contribution >= 0.6 is 0 Å². The number of esters is 1. The van der Waals surface area contributed by atoms with Crippen LogP contribution in [0.15, 0.2) is 18.6 Å². The van der Waals surface area contributed by atoms with Crippen molar-refractivity contribution in [2.75, 3.05) is 0 Å². The Hall–Kier alpha value is -1.91. The Balaban J connectivity index is 2.46. The molecule has 0 aliphatic rings. The number of aromatic amines is 1. The van der Waals surface area contributed by atoms with E-state index < -0.39 is 11.8 Å². The third-order valence-electron chi connectivity index (χ3n) is 2.11. The van der Waals surface area contributed by atoms with E-state index in [0.29, 0.717) is 10.9 Å². The number of carbonyl (C=O) groups excluding carboxylic acids is 1. The molecule has 0 unspecified atom stereocenters. The molecule has 0 aromatic carbocycles. The molecule has 0 spiro atoms. The van der Waals surface area contributed by atoms with Crippen molar-refractivity contribution in [3.8, 4) is 0 Å². The Morgan fingerprint density at radius 1 is 1.50 bits per heavy atom. The number of nitrogens with zero attached hydrogens (tertiary/aromatic N) is 1. The van der Waals surface area contributed by atoms with Crippen molar-refractivity contribution >= 4 is 16.9 Å². The van der Waals surface area contributed by atoms with E-state index in [0.717, 1.165) is 6.20 Å². The van der Waals surface area contributed by atoms with Gasteiger partial charge in [0.1, 0.15) is 0 Å². The summed E-state index contributed by atoms with van der Waals surface area (Å²) in [5, 5.41) is 0.436. The lowest BCUT2D eigenvalue weighted by Gasteiger charge is -2.06. The van der Waals surface area contributed by atoms with Gasteiger partial charge in [-0.2, -0.15) is 0 Å². The number of pyridine rings is 1. The largest absolute Gasteiger partial charge is 0.459 e. The number of nitrogens with one attached hydrogen (secondary N) is 1. The van der Waals surface area contributed by atoms with Crippen LogP contribution in [0, 0.1) is 5.82 Å². The zero-order valence-electron chi connectivity index (χ0n) is 8.95. The molecule has 2 aromatic rings. The second-order valence-corrected chi connectivity index (χ2v) is 3.70. The summed E-state index contributed by atoms with van der Waals surface area (Å²) in [6, 6.07) is 0. The molecule has 1 N–H and O–H groups in total. The van der Waals surface area contributed by atoms with E-state index in [9.17, 15) is 9.18 Å². The lowest BCUT2D eigenvalue weighted by Crippen LogP contribution is -2.11. The smallest absolute Gasteiger partial charge is 0.340 e. The van der Waals surface area contributed by atoms with Crippen LogP contribution in [0.4, 0.5) is 4.39 Å². The molecule has 4 nitrogen and oxygen atoms in total. The second kappa shape index (κ2) is 3.92. The molecule has 5 heteroatoms. The number of carbonyl (C=O) groups is 1. The van der Waals surface area contributed by atoms with Crippen LogP contribution in [0.3, 0.4) is 0 Å². The summed E-state index contributed by atoms with van der Waals surface area (Å²) in [5.74, 6) is -0.963. The van der Waals surface area contributed by atoms with Crippen LogP contribution in [0.1, 0.15) is 24.2 Å². The summed E-state index contributed by atoms with van der Waals surface area (Å²) in [4.78, 5) is 18.0. The summed E-state index contributed by atoms with van der Waals surface area (Å²) >= 11 is 0. The zero-order chi connectivity index (χ0) is 11.7. The van der Waals surface area contributed by atoms with E-state index in [1.165, 1.54) is 12.4 Å². The first-order chi connectivity index (χ1) is 7.59. The second-order valence-electron chi connectivity index (χ2n) is 3.70. The molecule has 0 atom stereocenters. The number of rotatable bonds is 2. The third-order valence-corrected chi connectivity index (χ3v) is 2.11. The zero-order valence-corrected chi connectivity index (χ0v) is 8.95. The maximum Gasteiger partial charge on any atom is 0.340 e. The molecule has 0 saturated carbocycles. The van der Waals surface area contributed by atoms with Crippen molar-refractivity contribution in [3.05, 3.63) is 30.0 Å². The van der Waals surface area contributed by atoms with Gasteiger partial charge in [0, 0.05) is 17.8 Å². The summed E-state index contributed by atoms with van der Waals surface area (Å²) in [5.41, 5.74) is 0.571. The molecular weight excluding hydrogens is 211 g/mol. The van der Waals surface area contributed by atoms with Gasteiger partial charge in [-0.05, 0) is 13.8 Å². The number of hydrogen-bond acceptors (Lipinski definition) is 3. The molecule has 0 aliphatic heterocycles. The standard InChI is InChI=1S/C11H11FN2O2/c1-6(2)16-11(15)8-4-14-10-7(8)3-13-5-9(10)12/h3-6,14H,1-2H3. The van der Waals surface area contributed by atoms with Crippen LogP contribution in [-0.4, -0.2) is 22.0 Å². The van der Waals surface area contributed by atoms with Crippen LogP contribution in [0.25, 0.3) is 10.9 Å². The molecule has 0 aliphatic carbocycles. The topological polar surface area (TPSA) is 55.0 Å². The van der Waals surface area contributed by atoms with Gasteiger partial charge in [0.05, 0.1) is 23.4 Å². The van der Waals surface area contributed by atoms with Crippen molar-refractivity contribution in [2.24, 2.45) is 0 Å². The highest BCUT2D eigenvalue weighted by Gasteiger charge is 2.16. The van der Waals surface area contributed by atoms with Crippen molar-refractivity contribution in [3.63, 3.8) is 0 Å². The van der Waals surface area contributed by atoms with Gasteiger partial charge in [0.2, 0.25) is 0 Å². The number of H-pyrrole nitrogens is 1. The van der Waals surface area contributed by atoms with Gasteiger partial charge in [-0.1, -0.05) is 0 Å². The van der Waals surface area contributed by atoms with E-state index >= 15 is 0 Å². The van der Waals surface area contributed by atoms with Gasteiger partial charge in [0.15, 0.2) is 5.82 Å². The van der Waals surface area contributed by atoms with Crippen molar-refractivity contribution in [2.45, 2.75) is 20.0 Å². The Morgan fingerprint density at radius 2 is 2.25 bits per heavy atom. The maximum absolute atomic E-state index is 13.3. The predicted molar refractivity (Wildman–Crippen MR) is 56.6 cm³/mol. The summed E-state index contributed by atoms with van der Waals surface area (Å²) in [6.07, 6.45) is 3.75. The lowest BCUT2D eigenvalue weighted by atomic mass is 10.2. The predicted octanol–water partition coefficient (Wildman–Crippen LogP) is 2.27. The van der Waals surface area contributed by atoms with Gasteiger partial charge < -0.3 is 9.72 Å². The number of hydrogen-bond donors (Lipinski definition) is 1.